The predicted molar refractivity (Wildman–Crippen MR) is 60.4 cm³/mol. The van der Waals surface area contributed by atoms with E-state index in [0.29, 0.717) is 0 Å². The molecule has 2 heteroatoms. The van der Waals surface area contributed by atoms with Crippen molar-refractivity contribution in [3.63, 3.8) is 0 Å². The number of hydrogen-bond acceptors (Lipinski definition) is 2. The Balaban J connectivity index is 2.36. The zero-order chi connectivity index (χ0) is 10.9. The van der Waals surface area contributed by atoms with Crippen LogP contribution in [0.1, 0.15) is 31.4 Å². The fourth-order valence-corrected chi connectivity index (χ4v) is 1.85. The Hall–Kier alpha value is -1.02. The fraction of sp³-hybridized carbons (Fsp3) is 0.538. The summed E-state index contributed by atoms with van der Waals surface area (Å²) in [5.41, 5.74) is 2.25. The van der Waals surface area contributed by atoms with Gasteiger partial charge in [-0.2, -0.15) is 0 Å². The van der Waals surface area contributed by atoms with Gasteiger partial charge in [0.25, 0.3) is 0 Å². The summed E-state index contributed by atoms with van der Waals surface area (Å²) in [5.74, 6) is 1.00. The van der Waals surface area contributed by atoms with Gasteiger partial charge in [-0.3, -0.25) is 0 Å². The molecule has 0 saturated heterocycles. The summed E-state index contributed by atoms with van der Waals surface area (Å²) < 4.78 is 5.62. The van der Waals surface area contributed by atoms with E-state index in [9.17, 15) is 5.11 Å². The van der Waals surface area contributed by atoms with Gasteiger partial charge in [-0.1, -0.05) is 26.0 Å². The minimum atomic E-state index is -0.185. The van der Waals surface area contributed by atoms with E-state index in [-0.39, 0.29) is 12.0 Å². The van der Waals surface area contributed by atoms with Gasteiger partial charge in [0.05, 0.1) is 13.2 Å². The molecular formula is C13H18O2. The molecule has 82 valence electrons. The van der Waals surface area contributed by atoms with Crippen LogP contribution in [0.25, 0.3) is 0 Å². The van der Waals surface area contributed by atoms with Crippen LogP contribution in [0.4, 0.5) is 0 Å². The van der Waals surface area contributed by atoms with Gasteiger partial charge in [0, 0.05) is 5.41 Å². The molecule has 0 unspecified atom stereocenters. The summed E-state index contributed by atoms with van der Waals surface area (Å²) in [6, 6.07) is 6.30. The molecule has 0 aliphatic carbocycles. The summed E-state index contributed by atoms with van der Waals surface area (Å²) in [7, 11) is 0. The van der Waals surface area contributed by atoms with Gasteiger partial charge in [-0.25, -0.2) is 0 Å². The Morgan fingerprint density at radius 1 is 1.40 bits per heavy atom. The van der Waals surface area contributed by atoms with Crippen LogP contribution in [0.5, 0.6) is 5.75 Å². The Morgan fingerprint density at radius 2 is 2.20 bits per heavy atom. The van der Waals surface area contributed by atoms with E-state index >= 15 is 0 Å². The second-order valence-electron chi connectivity index (χ2n) is 4.82. The van der Waals surface area contributed by atoms with Crippen molar-refractivity contribution in [1.82, 2.24) is 0 Å². The first-order chi connectivity index (χ1) is 7.13. The fourth-order valence-electron chi connectivity index (χ4n) is 1.85. The van der Waals surface area contributed by atoms with E-state index in [2.05, 4.69) is 18.2 Å². The number of benzene rings is 1. The first kappa shape index (κ1) is 10.5. The normalized spacial score (nSPS) is 15.7. The van der Waals surface area contributed by atoms with Crippen molar-refractivity contribution in [2.45, 2.75) is 32.1 Å². The second kappa shape index (κ2) is 3.86. The SMILES string of the molecule is CC(C)(CO)c1ccc2c(c1)OCCC2. The van der Waals surface area contributed by atoms with Crippen LogP contribution in [0.3, 0.4) is 0 Å². The van der Waals surface area contributed by atoms with Crippen LogP contribution in [-0.2, 0) is 11.8 Å². The van der Waals surface area contributed by atoms with E-state index in [1.165, 1.54) is 5.56 Å². The maximum atomic E-state index is 9.31. The number of ether oxygens (including phenoxy) is 1. The molecule has 2 nitrogen and oxygen atoms in total. The molecule has 0 atom stereocenters. The smallest absolute Gasteiger partial charge is 0.122 e. The number of aryl methyl sites for hydroxylation is 1. The molecular weight excluding hydrogens is 188 g/mol. The molecule has 1 heterocycles. The van der Waals surface area contributed by atoms with Gasteiger partial charge >= 0.3 is 0 Å². The average Bonchev–Trinajstić information content (AvgIpc) is 2.28. The third kappa shape index (κ3) is 2.00. The number of hydrogen-bond donors (Lipinski definition) is 1. The van der Waals surface area contributed by atoms with Crippen molar-refractivity contribution in [2.24, 2.45) is 0 Å². The molecule has 1 aromatic rings. The van der Waals surface area contributed by atoms with Gasteiger partial charge in [-0.05, 0) is 30.0 Å². The van der Waals surface area contributed by atoms with Crippen LogP contribution >= 0.6 is 0 Å². The monoisotopic (exact) mass is 206 g/mol. The maximum Gasteiger partial charge on any atom is 0.122 e. The minimum absolute atomic E-state index is 0.159. The Morgan fingerprint density at radius 3 is 2.93 bits per heavy atom. The van der Waals surface area contributed by atoms with Crippen molar-refractivity contribution < 1.29 is 9.84 Å². The van der Waals surface area contributed by atoms with E-state index in [0.717, 1.165) is 30.8 Å². The second-order valence-corrected chi connectivity index (χ2v) is 4.82. The van der Waals surface area contributed by atoms with Gasteiger partial charge in [0.15, 0.2) is 0 Å². The number of aliphatic hydroxyl groups is 1. The minimum Gasteiger partial charge on any atom is -0.493 e. The first-order valence-corrected chi connectivity index (χ1v) is 5.50. The Bertz CT molecular complexity index is 356. The van der Waals surface area contributed by atoms with Gasteiger partial charge in [-0.15, -0.1) is 0 Å². The predicted octanol–water partition coefficient (Wildman–Crippen LogP) is 2.28. The lowest BCUT2D eigenvalue weighted by Crippen LogP contribution is -2.22. The molecule has 0 aromatic heterocycles. The van der Waals surface area contributed by atoms with Crippen molar-refractivity contribution in [3.8, 4) is 5.75 Å². The van der Waals surface area contributed by atoms with E-state index in [1.54, 1.807) is 0 Å². The molecule has 0 bridgehead atoms. The van der Waals surface area contributed by atoms with Crippen molar-refractivity contribution in [2.75, 3.05) is 13.2 Å². The highest BCUT2D eigenvalue weighted by atomic mass is 16.5. The topological polar surface area (TPSA) is 29.5 Å². The Labute approximate surface area is 90.9 Å². The highest BCUT2D eigenvalue weighted by molar-refractivity contribution is 5.41. The first-order valence-electron chi connectivity index (χ1n) is 5.50. The van der Waals surface area contributed by atoms with Crippen molar-refractivity contribution in [3.05, 3.63) is 29.3 Å². The molecule has 1 aliphatic rings. The number of rotatable bonds is 2. The molecule has 1 aromatic carbocycles. The van der Waals surface area contributed by atoms with Crippen LogP contribution in [0.15, 0.2) is 18.2 Å². The zero-order valence-corrected chi connectivity index (χ0v) is 9.42. The third-order valence-electron chi connectivity index (χ3n) is 3.09. The average molecular weight is 206 g/mol. The Kier molecular flexibility index (Phi) is 2.70. The lowest BCUT2D eigenvalue weighted by molar-refractivity contribution is 0.217. The van der Waals surface area contributed by atoms with Crippen LogP contribution in [0, 0.1) is 0 Å². The molecule has 2 rings (SSSR count). The van der Waals surface area contributed by atoms with E-state index in [1.807, 2.05) is 13.8 Å². The van der Waals surface area contributed by atoms with Crippen LogP contribution < -0.4 is 4.74 Å². The van der Waals surface area contributed by atoms with Gasteiger partial charge in [0.1, 0.15) is 5.75 Å². The van der Waals surface area contributed by atoms with Crippen molar-refractivity contribution in [1.29, 1.82) is 0 Å². The summed E-state index contributed by atoms with van der Waals surface area (Å²) in [4.78, 5) is 0. The van der Waals surface area contributed by atoms with Crippen molar-refractivity contribution >= 4 is 0 Å². The van der Waals surface area contributed by atoms with Gasteiger partial charge in [0.2, 0.25) is 0 Å². The lowest BCUT2D eigenvalue weighted by Gasteiger charge is -2.25. The maximum absolute atomic E-state index is 9.31. The zero-order valence-electron chi connectivity index (χ0n) is 9.42. The summed E-state index contributed by atoms with van der Waals surface area (Å²) in [6.07, 6.45) is 2.21. The number of aliphatic hydroxyl groups excluding tert-OH is 1. The molecule has 0 amide bonds. The standard InChI is InChI=1S/C13H18O2/c1-13(2,9-14)11-6-5-10-4-3-7-15-12(10)8-11/h5-6,8,14H,3-4,7,9H2,1-2H3. The van der Waals surface area contributed by atoms with Crippen LogP contribution in [0.2, 0.25) is 0 Å². The molecule has 0 fully saturated rings. The largest absolute Gasteiger partial charge is 0.493 e. The number of fused-ring (bicyclic) bond motifs is 1. The molecule has 0 saturated carbocycles. The highest BCUT2D eigenvalue weighted by Gasteiger charge is 2.21. The quantitative estimate of drug-likeness (QED) is 0.804. The molecule has 1 aliphatic heterocycles. The van der Waals surface area contributed by atoms with E-state index in [4.69, 9.17) is 4.74 Å². The summed E-state index contributed by atoms with van der Waals surface area (Å²) in [6.45, 7) is 5.05. The van der Waals surface area contributed by atoms with Gasteiger partial charge < -0.3 is 9.84 Å². The molecule has 0 spiro atoms. The third-order valence-corrected chi connectivity index (χ3v) is 3.09. The van der Waals surface area contributed by atoms with E-state index < -0.39 is 0 Å². The lowest BCUT2D eigenvalue weighted by atomic mass is 9.84. The summed E-state index contributed by atoms with van der Waals surface area (Å²) >= 11 is 0. The molecule has 0 radical (unpaired) electrons. The summed E-state index contributed by atoms with van der Waals surface area (Å²) in [5, 5.41) is 9.31. The molecule has 1 N–H and O–H groups in total. The highest BCUT2D eigenvalue weighted by Crippen LogP contribution is 2.31. The molecule has 15 heavy (non-hydrogen) atoms. The van der Waals surface area contributed by atoms with Crippen LogP contribution in [-0.4, -0.2) is 18.3 Å².